The number of amides is 1. The van der Waals surface area contributed by atoms with E-state index in [9.17, 15) is 13.2 Å². The zero-order valence-corrected chi connectivity index (χ0v) is 18.5. The molecule has 1 amide bonds. The van der Waals surface area contributed by atoms with Crippen molar-refractivity contribution >= 4 is 67.9 Å². The molecule has 0 fully saturated rings. The van der Waals surface area contributed by atoms with Crippen LogP contribution in [0.3, 0.4) is 0 Å². The molecule has 0 saturated carbocycles. The number of halogens is 3. The predicted molar refractivity (Wildman–Crippen MR) is 115 cm³/mol. The number of benzene rings is 2. The van der Waals surface area contributed by atoms with Crippen molar-refractivity contribution in [3.8, 4) is 0 Å². The van der Waals surface area contributed by atoms with E-state index in [-0.39, 0.29) is 29.6 Å². The van der Waals surface area contributed by atoms with Gasteiger partial charge in [-0.2, -0.15) is 8.42 Å². The summed E-state index contributed by atoms with van der Waals surface area (Å²) in [6.07, 6.45) is 1.28. The van der Waals surface area contributed by atoms with Crippen LogP contribution in [0.1, 0.15) is 5.56 Å². The summed E-state index contributed by atoms with van der Waals surface area (Å²) in [4.78, 5) is 13.7. The minimum Gasteiger partial charge on any atom is -0.368 e. The fourth-order valence-electron chi connectivity index (χ4n) is 2.01. The number of nitrogens with zero attached hydrogens (tertiary/aromatic N) is 2. The number of nitrogens with one attached hydrogen (secondary N) is 1. The number of sulfonamides is 1. The third-order valence-corrected chi connectivity index (χ3v) is 5.81. The summed E-state index contributed by atoms with van der Waals surface area (Å²) in [5.74, 6) is -0.305. The SMILES string of the molecule is CN(C)C=NS(=O)(=O)c1cc(NC(=O)Cc2ccccc2Cl)ccc1Br.Cl. The first-order valence-electron chi connectivity index (χ1n) is 7.49. The van der Waals surface area contributed by atoms with Crippen LogP contribution >= 0.6 is 39.9 Å². The molecule has 1 N–H and O–H groups in total. The molecule has 0 saturated heterocycles. The molecule has 0 aromatic heterocycles. The fourth-order valence-corrected chi connectivity index (χ4v) is 4.09. The quantitative estimate of drug-likeness (QED) is 0.486. The Morgan fingerprint density at radius 2 is 1.93 bits per heavy atom. The predicted octanol–water partition coefficient (Wildman–Crippen LogP) is 3.98. The Morgan fingerprint density at radius 1 is 1.26 bits per heavy atom. The van der Waals surface area contributed by atoms with Gasteiger partial charge in [-0.3, -0.25) is 4.79 Å². The van der Waals surface area contributed by atoms with E-state index in [0.29, 0.717) is 20.7 Å². The van der Waals surface area contributed by atoms with Crippen molar-refractivity contribution in [3.05, 3.63) is 57.5 Å². The van der Waals surface area contributed by atoms with Crippen molar-refractivity contribution in [1.29, 1.82) is 0 Å². The van der Waals surface area contributed by atoms with Crippen molar-refractivity contribution in [2.24, 2.45) is 4.40 Å². The van der Waals surface area contributed by atoms with Crippen molar-refractivity contribution < 1.29 is 13.2 Å². The highest BCUT2D eigenvalue weighted by Gasteiger charge is 2.18. The van der Waals surface area contributed by atoms with E-state index in [0.717, 1.165) is 0 Å². The molecule has 0 aliphatic heterocycles. The lowest BCUT2D eigenvalue weighted by Gasteiger charge is -2.09. The van der Waals surface area contributed by atoms with E-state index in [2.05, 4.69) is 25.6 Å². The first-order valence-corrected chi connectivity index (χ1v) is 10.1. The van der Waals surface area contributed by atoms with Crippen LogP contribution in [0.15, 0.2) is 56.2 Å². The molecule has 0 aliphatic rings. The molecular formula is C17H18BrCl2N3O3S. The Bertz CT molecular complexity index is 950. The van der Waals surface area contributed by atoms with Crippen LogP contribution in [-0.4, -0.2) is 39.7 Å². The summed E-state index contributed by atoms with van der Waals surface area (Å²) in [6.45, 7) is 0. The minimum absolute atomic E-state index is 0. The maximum Gasteiger partial charge on any atom is 0.284 e. The first-order chi connectivity index (χ1) is 12.2. The molecule has 27 heavy (non-hydrogen) atoms. The summed E-state index contributed by atoms with van der Waals surface area (Å²) < 4.78 is 28.7. The van der Waals surface area contributed by atoms with E-state index in [1.807, 2.05) is 0 Å². The first kappa shape index (κ1) is 23.4. The van der Waals surface area contributed by atoms with Crippen molar-refractivity contribution in [2.75, 3.05) is 19.4 Å². The highest BCUT2D eigenvalue weighted by Crippen LogP contribution is 2.27. The van der Waals surface area contributed by atoms with Crippen LogP contribution in [0.25, 0.3) is 0 Å². The number of anilines is 1. The van der Waals surface area contributed by atoms with Gasteiger partial charge in [0.25, 0.3) is 10.0 Å². The third-order valence-electron chi connectivity index (χ3n) is 3.22. The lowest BCUT2D eigenvalue weighted by molar-refractivity contribution is -0.115. The van der Waals surface area contributed by atoms with Gasteiger partial charge in [-0.25, -0.2) is 0 Å². The van der Waals surface area contributed by atoms with Crippen molar-refractivity contribution in [2.45, 2.75) is 11.3 Å². The zero-order chi connectivity index (χ0) is 19.3. The summed E-state index contributed by atoms with van der Waals surface area (Å²) in [7, 11) is -0.569. The van der Waals surface area contributed by atoms with Gasteiger partial charge in [0.1, 0.15) is 11.2 Å². The molecule has 0 heterocycles. The average Bonchev–Trinajstić information content (AvgIpc) is 2.57. The topological polar surface area (TPSA) is 78.8 Å². The number of rotatable bonds is 6. The second-order valence-corrected chi connectivity index (χ2v) is 8.48. The summed E-state index contributed by atoms with van der Waals surface area (Å²) in [5.41, 5.74) is 1.04. The maximum atomic E-state index is 12.3. The van der Waals surface area contributed by atoms with E-state index in [1.54, 1.807) is 50.5 Å². The van der Waals surface area contributed by atoms with Gasteiger partial charge >= 0.3 is 0 Å². The second kappa shape index (κ2) is 10.1. The van der Waals surface area contributed by atoms with E-state index < -0.39 is 10.0 Å². The number of hydrogen-bond acceptors (Lipinski definition) is 3. The van der Waals surface area contributed by atoms with Crippen LogP contribution in [0, 0.1) is 0 Å². The van der Waals surface area contributed by atoms with Crippen LogP contribution in [-0.2, 0) is 21.2 Å². The van der Waals surface area contributed by atoms with Gasteiger partial charge in [-0.15, -0.1) is 16.8 Å². The molecule has 2 aromatic carbocycles. The molecule has 2 rings (SSSR count). The van der Waals surface area contributed by atoms with Gasteiger partial charge in [-0.05, 0) is 45.8 Å². The van der Waals surface area contributed by atoms with E-state index in [1.165, 1.54) is 17.3 Å². The molecule has 0 radical (unpaired) electrons. The Labute approximate surface area is 178 Å². The fraction of sp³-hybridized carbons (Fsp3) is 0.176. The standard InChI is InChI=1S/C17H17BrClN3O3S.ClH/c1-22(2)11-20-26(24,25)16-10-13(7-8-14(16)18)21-17(23)9-12-5-3-4-6-15(12)19;/h3-8,10-11H,9H2,1-2H3,(H,21,23);1H. The molecule has 0 aliphatic carbocycles. The second-order valence-electron chi connectivity index (χ2n) is 5.62. The van der Waals surface area contributed by atoms with Crippen LogP contribution in [0.5, 0.6) is 0 Å². The number of hydrogen-bond donors (Lipinski definition) is 1. The van der Waals surface area contributed by atoms with Crippen molar-refractivity contribution in [3.63, 3.8) is 0 Å². The molecule has 10 heteroatoms. The number of carbonyl (C=O) groups is 1. The van der Waals surface area contributed by atoms with Gasteiger partial charge < -0.3 is 10.2 Å². The van der Waals surface area contributed by atoms with Gasteiger partial charge in [-0.1, -0.05) is 29.8 Å². The van der Waals surface area contributed by atoms with E-state index in [4.69, 9.17) is 11.6 Å². The number of carbonyl (C=O) groups excluding carboxylic acids is 1. The lowest BCUT2D eigenvalue weighted by Crippen LogP contribution is -2.15. The highest BCUT2D eigenvalue weighted by molar-refractivity contribution is 9.10. The minimum atomic E-state index is -3.90. The van der Waals surface area contributed by atoms with Gasteiger partial charge in [0, 0.05) is 29.3 Å². The smallest absolute Gasteiger partial charge is 0.284 e. The van der Waals surface area contributed by atoms with Crippen molar-refractivity contribution in [1.82, 2.24) is 4.90 Å². The van der Waals surface area contributed by atoms with Gasteiger partial charge in [0.05, 0.1) is 6.42 Å². The molecular weight excluding hydrogens is 477 g/mol. The van der Waals surface area contributed by atoms with Gasteiger partial charge in [0.15, 0.2) is 0 Å². The molecule has 2 aromatic rings. The molecule has 0 bridgehead atoms. The Balaban J connectivity index is 0.00000364. The highest BCUT2D eigenvalue weighted by atomic mass is 79.9. The van der Waals surface area contributed by atoms with E-state index >= 15 is 0 Å². The lowest BCUT2D eigenvalue weighted by atomic mass is 10.1. The Morgan fingerprint density at radius 3 is 2.56 bits per heavy atom. The third kappa shape index (κ3) is 6.80. The largest absolute Gasteiger partial charge is 0.368 e. The maximum absolute atomic E-state index is 12.3. The molecule has 0 unspecified atom stereocenters. The van der Waals surface area contributed by atoms with Crippen LogP contribution in [0.2, 0.25) is 5.02 Å². The Kier molecular flexibility index (Phi) is 8.74. The summed E-state index contributed by atoms with van der Waals surface area (Å²) in [6, 6.07) is 11.5. The molecule has 146 valence electrons. The molecule has 0 spiro atoms. The zero-order valence-electron chi connectivity index (χ0n) is 14.5. The van der Waals surface area contributed by atoms with Crippen LogP contribution < -0.4 is 5.32 Å². The summed E-state index contributed by atoms with van der Waals surface area (Å²) in [5, 5.41) is 3.18. The normalized spacial score (nSPS) is 11.1. The summed E-state index contributed by atoms with van der Waals surface area (Å²) >= 11 is 9.26. The molecule has 0 atom stereocenters. The van der Waals surface area contributed by atoms with Gasteiger partial charge in [0.2, 0.25) is 5.91 Å². The van der Waals surface area contributed by atoms with Crippen LogP contribution in [0.4, 0.5) is 5.69 Å². The average molecular weight is 495 g/mol. The Hall–Kier alpha value is -1.61. The monoisotopic (exact) mass is 493 g/mol. The molecule has 6 nitrogen and oxygen atoms in total.